The molecular weight excluding hydrogens is 324 g/mol. The maximum absolute atomic E-state index is 12.2. The van der Waals surface area contributed by atoms with E-state index in [1.54, 1.807) is 24.3 Å². The lowest BCUT2D eigenvalue weighted by Gasteiger charge is -2.31. The topological polar surface area (TPSA) is 59.0 Å². The first kappa shape index (κ1) is 16.8. The molecule has 126 valence electrons. The van der Waals surface area contributed by atoms with E-state index in [1.807, 2.05) is 6.08 Å². The van der Waals surface area contributed by atoms with Crippen LogP contribution < -0.4 is 0 Å². The van der Waals surface area contributed by atoms with E-state index in [1.165, 1.54) is 25.3 Å². The van der Waals surface area contributed by atoms with E-state index in [-0.39, 0.29) is 11.9 Å². The predicted molar refractivity (Wildman–Crippen MR) is 95.8 cm³/mol. The van der Waals surface area contributed by atoms with E-state index in [0.29, 0.717) is 16.4 Å². The molecule has 0 aromatic heterocycles. The molecule has 0 N–H and O–H groups in total. The van der Waals surface area contributed by atoms with Crippen molar-refractivity contribution in [3.05, 3.63) is 40.3 Å². The highest BCUT2D eigenvalue weighted by molar-refractivity contribution is 8.18. The molecule has 2 heterocycles. The first-order valence-corrected chi connectivity index (χ1v) is 8.84. The summed E-state index contributed by atoms with van der Waals surface area (Å²) in [5.74, 6) is 0.0756. The van der Waals surface area contributed by atoms with Crippen LogP contribution in [0.1, 0.15) is 35.7 Å². The van der Waals surface area contributed by atoms with Crippen molar-refractivity contribution in [3.63, 3.8) is 0 Å². The highest BCUT2D eigenvalue weighted by Crippen LogP contribution is 2.32. The third-order valence-corrected chi connectivity index (χ3v) is 5.21. The van der Waals surface area contributed by atoms with Crippen LogP contribution >= 0.6 is 11.8 Å². The molecule has 1 saturated heterocycles. The van der Waals surface area contributed by atoms with E-state index < -0.39 is 0 Å². The minimum Gasteiger partial charge on any atom is -0.465 e. The Labute approximate surface area is 145 Å². The number of carbonyl (C=O) groups is 2. The van der Waals surface area contributed by atoms with Crippen LogP contribution in [0.25, 0.3) is 6.08 Å². The summed E-state index contributed by atoms with van der Waals surface area (Å²) in [6.07, 6.45) is 4.19. The number of rotatable bonds is 2. The van der Waals surface area contributed by atoms with Gasteiger partial charge in [0.15, 0.2) is 5.17 Å². The standard InChI is InChI=1S/C18H20N2O3S/c1-12-4-3-9-20(11-12)18-19-16(21)15(24-18)10-13-5-7-14(8-6-13)17(22)23-2/h5-8,10,12H,3-4,9,11H2,1-2H3/b15-10-/t12-/m0/s1. The second-order valence-corrected chi connectivity index (χ2v) is 7.13. The highest BCUT2D eigenvalue weighted by Gasteiger charge is 2.28. The highest BCUT2D eigenvalue weighted by atomic mass is 32.2. The molecular formula is C18H20N2O3S. The molecule has 3 rings (SSSR count). The molecule has 24 heavy (non-hydrogen) atoms. The Hall–Kier alpha value is -2.08. The van der Waals surface area contributed by atoms with Gasteiger partial charge in [0.05, 0.1) is 17.6 Å². The van der Waals surface area contributed by atoms with Crippen LogP contribution in [0.15, 0.2) is 34.2 Å². The van der Waals surface area contributed by atoms with Crippen molar-refractivity contribution in [1.82, 2.24) is 4.90 Å². The Bertz CT molecular complexity index is 709. The van der Waals surface area contributed by atoms with Gasteiger partial charge in [0.2, 0.25) is 0 Å². The minimum absolute atomic E-state index is 0.190. The van der Waals surface area contributed by atoms with Crippen LogP contribution in [-0.2, 0) is 9.53 Å². The number of likely N-dealkylation sites (tertiary alicyclic amines) is 1. The van der Waals surface area contributed by atoms with E-state index in [2.05, 4.69) is 21.6 Å². The van der Waals surface area contributed by atoms with Gasteiger partial charge in [0.1, 0.15) is 0 Å². The molecule has 1 atom stereocenters. The van der Waals surface area contributed by atoms with Gasteiger partial charge in [0.25, 0.3) is 5.91 Å². The molecule has 0 saturated carbocycles. The van der Waals surface area contributed by atoms with Gasteiger partial charge in [-0.05, 0) is 54.3 Å². The second kappa shape index (κ2) is 7.21. The van der Waals surface area contributed by atoms with Crippen molar-refractivity contribution in [3.8, 4) is 0 Å². The number of carbonyl (C=O) groups excluding carboxylic acids is 2. The fourth-order valence-electron chi connectivity index (χ4n) is 2.88. The van der Waals surface area contributed by atoms with Crippen molar-refractivity contribution in [2.24, 2.45) is 10.9 Å². The molecule has 0 unspecified atom stereocenters. The number of methoxy groups -OCH3 is 1. The SMILES string of the molecule is COC(=O)c1ccc(/C=C2\SC(N3CCC[C@H](C)C3)=NC2=O)cc1. The Morgan fingerprint density at radius 2 is 2.12 bits per heavy atom. The minimum atomic E-state index is -0.370. The van der Waals surface area contributed by atoms with E-state index in [4.69, 9.17) is 0 Å². The monoisotopic (exact) mass is 344 g/mol. The van der Waals surface area contributed by atoms with Gasteiger partial charge in [-0.3, -0.25) is 4.79 Å². The molecule has 2 aliphatic heterocycles. The number of nitrogens with zero attached hydrogens (tertiary/aromatic N) is 2. The summed E-state index contributed by atoms with van der Waals surface area (Å²) in [6.45, 7) is 4.15. The fraction of sp³-hybridized carbons (Fsp3) is 0.389. The summed E-state index contributed by atoms with van der Waals surface area (Å²) >= 11 is 1.43. The van der Waals surface area contributed by atoms with Crippen molar-refractivity contribution in [1.29, 1.82) is 0 Å². The largest absolute Gasteiger partial charge is 0.465 e. The number of amides is 1. The average molecular weight is 344 g/mol. The zero-order valence-electron chi connectivity index (χ0n) is 13.8. The number of piperidine rings is 1. The van der Waals surface area contributed by atoms with Crippen LogP contribution in [0.3, 0.4) is 0 Å². The van der Waals surface area contributed by atoms with Crippen LogP contribution in [0.5, 0.6) is 0 Å². The van der Waals surface area contributed by atoms with Crippen molar-refractivity contribution in [2.45, 2.75) is 19.8 Å². The molecule has 0 bridgehead atoms. The molecule has 1 aromatic rings. The van der Waals surface area contributed by atoms with Crippen LogP contribution in [0.2, 0.25) is 0 Å². The van der Waals surface area contributed by atoms with Gasteiger partial charge in [-0.25, -0.2) is 4.79 Å². The van der Waals surface area contributed by atoms with E-state index in [0.717, 1.165) is 30.2 Å². The van der Waals surface area contributed by atoms with Crippen LogP contribution in [0.4, 0.5) is 0 Å². The zero-order chi connectivity index (χ0) is 17.1. The number of ether oxygens (including phenoxy) is 1. The molecule has 1 amide bonds. The summed E-state index contributed by atoms with van der Waals surface area (Å²) in [4.78, 5) is 30.6. The van der Waals surface area contributed by atoms with Gasteiger partial charge < -0.3 is 9.64 Å². The first-order valence-electron chi connectivity index (χ1n) is 8.02. The predicted octanol–water partition coefficient (Wildman–Crippen LogP) is 3.18. The van der Waals surface area contributed by atoms with Crippen molar-refractivity contribution >= 4 is 34.9 Å². The third kappa shape index (κ3) is 3.70. The molecule has 1 aromatic carbocycles. The van der Waals surface area contributed by atoms with E-state index >= 15 is 0 Å². The van der Waals surface area contributed by atoms with Gasteiger partial charge in [0, 0.05) is 13.1 Å². The fourth-order valence-corrected chi connectivity index (χ4v) is 3.83. The summed E-state index contributed by atoms with van der Waals surface area (Å²) in [7, 11) is 1.35. The van der Waals surface area contributed by atoms with Gasteiger partial charge in [-0.2, -0.15) is 4.99 Å². The van der Waals surface area contributed by atoms with Gasteiger partial charge >= 0.3 is 5.97 Å². The summed E-state index contributed by atoms with van der Waals surface area (Å²) < 4.78 is 4.68. The smallest absolute Gasteiger partial charge is 0.337 e. The Kier molecular flexibility index (Phi) is 5.04. The number of aliphatic imine (C=N–C) groups is 1. The number of hydrogen-bond donors (Lipinski definition) is 0. The Morgan fingerprint density at radius 1 is 1.38 bits per heavy atom. The lowest BCUT2D eigenvalue weighted by molar-refractivity contribution is -0.113. The number of thioether (sulfide) groups is 1. The molecule has 5 nitrogen and oxygen atoms in total. The number of hydrogen-bond acceptors (Lipinski definition) is 5. The number of benzene rings is 1. The zero-order valence-corrected chi connectivity index (χ0v) is 14.6. The second-order valence-electron chi connectivity index (χ2n) is 6.12. The van der Waals surface area contributed by atoms with E-state index in [9.17, 15) is 9.59 Å². The van der Waals surface area contributed by atoms with Crippen LogP contribution in [-0.4, -0.2) is 42.1 Å². The molecule has 1 fully saturated rings. The average Bonchev–Trinajstić information content (AvgIpc) is 2.96. The van der Waals surface area contributed by atoms with Crippen molar-refractivity contribution < 1.29 is 14.3 Å². The maximum Gasteiger partial charge on any atom is 0.337 e. The summed E-state index contributed by atoms with van der Waals surface area (Å²) in [6, 6.07) is 6.98. The Balaban J connectivity index is 1.71. The van der Waals surface area contributed by atoms with Gasteiger partial charge in [-0.1, -0.05) is 19.1 Å². The van der Waals surface area contributed by atoms with Crippen molar-refractivity contribution in [2.75, 3.05) is 20.2 Å². The molecule has 6 heteroatoms. The lowest BCUT2D eigenvalue weighted by Crippen LogP contribution is -2.37. The summed E-state index contributed by atoms with van der Waals surface area (Å²) in [5, 5.41) is 0.809. The number of amidine groups is 1. The van der Waals surface area contributed by atoms with Gasteiger partial charge in [-0.15, -0.1) is 0 Å². The molecule has 0 aliphatic carbocycles. The molecule has 0 radical (unpaired) electrons. The maximum atomic E-state index is 12.2. The Morgan fingerprint density at radius 3 is 2.79 bits per heavy atom. The summed E-state index contributed by atoms with van der Waals surface area (Å²) in [5.41, 5.74) is 1.35. The quantitative estimate of drug-likeness (QED) is 0.609. The lowest BCUT2D eigenvalue weighted by atomic mass is 10.0. The third-order valence-electron chi connectivity index (χ3n) is 4.17. The normalized spacial score (nSPS) is 22.7. The first-order chi connectivity index (χ1) is 11.6. The molecule has 2 aliphatic rings. The molecule has 0 spiro atoms. The van der Waals surface area contributed by atoms with Crippen LogP contribution in [0, 0.1) is 5.92 Å². The number of esters is 1.